The lowest BCUT2D eigenvalue weighted by Gasteiger charge is -2.12. The SMILES string of the molecule is CC(Cn1cccn1)NC(=O)/C=C/c1cccc(N)c1. The summed E-state index contributed by atoms with van der Waals surface area (Å²) in [6, 6.07) is 9.24. The van der Waals surface area contributed by atoms with Crippen molar-refractivity contribution in [2.24, 2.45) is 0 Å². The molecule has 1 aromatic heterocycles. The standard InChI is InChI=1S/C15H18N4O/c1-12(11-19-9-3-8-17-19)18-15(20)7-6-13-4-2-5-14(16)10-13/h2-10,12H,11,16H2,1H3,(H,18,20)/b7-6+. The van der Waals surface area contributed by atoms with Gasteiger partial charge in [-0.05, 0) is 36.8 Å². The van der Waals surface area contributed by atoms with Crippen LogP contribution in [0.2, 0.25) is 0 Å². The number of nitrogens with two attached hydrogens (primary N) is 1. The van der Waals surface area contributed by atoms with Gasteiger partial charge in [-0.2, -0.15) is 5.10 Å². The molecule has 5 nitrogen and oxygen atoms in total. The van der Waals surface area contributed by atoms with Crippen molar-refractivity contribution in [1.82, 2.24) is 15.1 Å². The number of aromatic nitrogens is 2. The van der Waals surface area contributed by atoms with Gasteiger partial charge in [0.1, 0.15) is 0 Å². The van der Waals surface area contributed by atoms with E-state index in [4.69, 9.17) is 5.73 Å². The highest BCUT2D eigenvalue weighted by atomic mass is 16.1. The first kappa shape index (κ1) is 13.9. The Morgan fingerprint density at radius 1 is 1.50 bits per heavy atom. The van der Waals surface area contributed by atoms with Crippen molar-refractivity contribution in [3.05, 3.63) is 54.4 Å². The quantitative estimate of drug-likeness (QED) is 0.641. The van der Waals surface area contributed by atoms with Crippen molar-refractivity contribution < 1.29 is 4.79 Å². The van der Waals surface area contributed by atoms with Gasteiger partial charge in [-0.25, -0.2) is 0 Å². The predicted octanol–water partition coefficient (Wildman–Crippen LogP) is 1.68. The van der Waals surface area contributed by atoms with Crippen LogP contribution in [0.3, 0.4) is 0 Å². The molecule has 2 aromatic rings. The zero-order chi connectivity index (χ0) is 14.4. The largest absolute Gasteiger partial charge is 0.399 e. The predicted molar refractivity (Wildman–Crippen MR) is 79.7 cm³/mol. The van der Waals surface area contributed by atoms with Crippen LogP contribution in [0.15, 0.2) is 48.8 Å². The molecule has 3 N–H and O–H groups in total. The monoisotopic (exact) mass is 270 g/mol. The Morgan fingerprint density at radius 2 is 2.35 bits per heavy atom. The molecule has 0 aliphatic rings. The van der Waals surface area contributed by atoms with Crippen molar-refractivity contribution in [2.75, 3.05) is 5.73 Å². The van der Waals surface area contributed by atoms with Crippen LogP contribution < -0.4 is 11.1 Å². The third kappa shape index (κ3) is 4.28. The molecule has 1 unspecified atom stereocenters. The maximum atomic E-state index is 11.8. The summed E-state index contributed by atoms with van der Waals surface area (Å²) in [5.41, 5.74) is 7.26. The van der Waals surface area contributed by atoms with Gasteiger partial charge in [0.15, 0.2) is 0 Å². The Hall–Kier alpha value is -2.56. The Balaban J connectivity index is 1.85. The highest BCUT2D eigenvalue weighted by Gasteiger charge is 2.05. The lowest BCUT2D eigenvalue weighted by atomic mass is 10.2. The number of carbonyl (C=O) groups excluding carboxylic acids is 1. The van der Waals surface area contributed by atoms with Crippen LogP contribution in [0, 0.1) is 0 Å². The van der Waals surface area contributed by atoms with Gasteiger partial charge in [-0.3, -0.25) is 9.48 Å². The number of nitrogens with one attached hydrogen (secondary N) is 1. The summed E-state index contributed by atoms with van der Waals surface area (Å²) in [5, 5.41) is 6.99. The highest BCUT2D eigenvalue weighted by molar-refractivity contribution is 5.91. The summed E-state index contributed by atoms with van der Waals surface area (Å²) >= 11 is 0. The molecule has 20 heavy (non-hydrogen) atoms. The van der Waals surface area contributed by atoms with Crippen LogP contribution in [-0.2, 0) is 11.3 Å². The molecule has 0 aliphatic carbocycles. The molecule has 1 heterocycles. The van der Waals surface area contributed by atoms with Crippen molar-refractivity contribution in [3.63, 3.8) is 0 Å². The van der Waals surface area contributed by atoms with E-state index in [-0.39, 0.29) is 11.9 Å². The minimum absolute atomic E-state index is 0.00731. The summed E-state index contributed by atoms with van der Waals surface area (Å²) in [4.78, 5) is 11.8. The summed E-state index contributed by atoms with van der Waals surface area (Å²) in [7, 11) is 0. The molecular formula is C15H18N4O. The zero-order valence-electron chi connectivity index (χ0n) is 11.4. The zero-order valence-corrected chi connectivity index (χ0v) is 11.4. The smallest absolute Gasteiger partial charge is 0.244 e. The Kier molecular flexibility index (Phi) is 4.55. The van der Waals surface area contributed by atoms with Gasteiger partial charge in [-0.15, -0.1) is 0 Å². The first-order chi connectivity index (χ1) is 9.63. The summed E-state index contributed by atoms with van der Waals surface area (Å²) < 4.78 is 1.78. The van der Waals surface area contributed by atoms with Crippen molar-refractivity contribution >= 4 is 17.7 Å². The molecule has 0 spiro atoms. The summed E-state index contributed by atoms with van der Waals surface area (Å²) in [6.07, 6.45) is 6.83. The van der Waals surface area contributed by atoms with Crippen molar-refractivity contribution in [2.45, 2.75) is 19.5 Å². The second kappa shape index (κ2) is 6.56. The average Bonchev–Trinajstić information content (AvgIpc) is 2.89. The number of rotatable bonds is 5. The van der Waals surface area contributed by atoms with E-state index >= 15 is 0 Å². The number of nitrogen functional groups attached to an aromatic ring is 1. The number of amides is 1. The molecule has 0 saturated heterocycles. The lowest BCUT2D eigenvalue weighted by Crippen LogP contribution is -2.34. The van der Waals surface area contributed by atoms with Crippen molar-refractivity contribution in [1.29, 1.82) is 0 Å². The van der Waals surface area contributed by atoms with Crippen LogP contribution in [0.25, 0.3) is 6.08 Å². The van der Waals surface area contributed by atoms with Gasteiger partial charge in [0.2, 0.25) is 5.91 Å². The van der Waals surface area contributed by atoms with Gasteiger partial charge >= 0.3 is 0 Å². The second-order valence-electron chi connectivity index (χ2n) is 4.64. The van der Waals surface area contributed by atoms with Crippen LogP contribution in [-0.4, -0.2) is 21.7 Å². The Labute approximate surface area is 118 Å². The third-order valence-corrected chi connectivity index (χ3v) is 2.75. The number of carbonyl (C=O) groups is 1. The summed E-state index contributed by atoms with van der Waals surface area (Å²) in [6.45, 7) is 2.58. The molecule has 0 saturated carbocycles. The van der Waals surface area contributed by atoms with E-state index in [1.807, 2.05) is 43.5 Å². The third-order valence-electron chi connectivity index (χ3n) is 2.75. The van der Waals surface area contributed by atoms with Crippen LogP contribution in [0.1, 0.15) is 12.5 Å². The maximum Gasteiger partial charge on any atom is 0.244 e. The number of benzene rings is 1. The van der Waals surface area contributed by atoms with E-state index in [2.05, 4.69) is 10.4 Å². The van der Waals surface area contributed by atoms with Gasteiger partial charge in [0.25, 0.3) is 0 Å². The highest BCUT2D eigenvalue weighted by Crippen LogP contribution is 2.07. The molecule has 0 aliphatic heterocycles. The van der Waals surface area contributed by atoms with Gasteiger partial charge in [-0.1, -0.05) is 12.1 Å². The Morgan fingerprint density at radius 3 is 3.05 bits per heavy atom. The molecule has 1 amide bonds. The first-order valence-corrected chi connectivity index (χ1v) is 6.45. The Bertz CT molecular complexity index is 590. The second-order valence-corrected chi connectivity index (χ2v) is 4.64. The molecule has 0 bridgehead atoms. The molecule has 5 heteroatoms. The molecular weight excluding hydrogens is 252 g/mol. The lowest BCUT2D eigenvalue weighted by molar-refractivity contribution is -0.117. The average molecular weight is 270 g/mol. The maximum absolute atomic E-state index is 11.8. The fourth-order valence-corrected chi connectivity index (χ4v) is 1.86. The van der Waals surface area contributed by atoms with Crippen LogP contribution in [0.5, 0.6) is 0 Å². The fraction of sp³-hybridized carbons (Fsp3) is 0.200. The molecule has 1 atom stereocenters. The van der Waals surface area contributed by atoms with E-state index in [0.717, 1.165) is 5.56 Å². The van der Waals surface area contributed by atoms with Gasteiger partial charge in [0.05, 0.1) is 6.54 Å². The van der Waals surface area contributed by atoms with Crippen LogP contribution >= 0.6 is 0 Å². The van der Waals surface area contributed by atoms with E-state index in [0.29, 0.717) is 12.2 Å². The van der Waals surface area contributed by atoms with Crippen LogP contribution in [0.4, 0.5) is 5.69 Å². The molecule has 0 radical (unpaired) electrons. The molecule has 2 rings (SSSR count). The van der Waals surface area contributed by atoms with E-state index < -0.39 is 0 Å². The minimum Gasteiger partial charge on any atom is -0.399 e. The number of anilines is 1. The first-order valence-electron chi connectivity index (χ1n) is 6.45. The molecule has 0 fully saturated rings. The van der Waals surface area contributed by atoms with Gasteiger partial charge in [0, 0.05) is 30.2 Å². The van der Waals surface area contributed by atoms with Crippen molar-refractivity contribution in [3.8, 4) is 0 Å². The van der Waals surface area contributed by atoms with Gasteiger partial charge < -0.3 is 11.1 Å². The number of hydrogen-bond acceptors (Lipinski definition) is 3. The topological polar surface area (TPSA) is 72.9 Å². The summed E-state index contributed by atoms with van der Waals surface area (Å²) in [5.74, 6) is -0.132. The molecule has 104 valence electrons. The number of nitrogens with zero attached hydrogens (tertiary/aromatic N) is 2. The fourth-order valence-electron chi connectivity index (χ4n) is 1.86. The van der Waals surface area contributed by atoms with E-state index in [9.17, 15) is 4.79 Å². The van der Waals surface area contributed by atoms with E-state index in [1.54, 1.807) is 17.0 Å². The minimum atomic E-state index is -0.132. The number of hydrogen-bond donors (Lipinski definition) is 2. The normalized spacial score (nSPS) is 12.4. The molecule has 1 aromatic carbocycles. The van der Waals surface area contributed by atoms with E-state index in [1.165, 1.54) is 6.08 Å².